The fourth-order valence-electron chi connectivity index (χ4n) is 1.92. The molecular weight excluding hydrogens is 230 g/mol. The predicted octanol–water partition coefficient (Wildman–Crippen LogP) is 3.75. The molecule has 1 unspecified atom stereocenters. The summed E-state index contributed by atoms with van der Waals surface area (Å²) in [6.45, 7) is 12.1. The van der Waals surface area contributed by atoms with Gasteiger partial charge in [-0.15, -0.1) is 5.10 Å². The minimum absolute atomic E-state index is 0.430. The summed E-state index contributed by atoms with van der Waals surface area (Å²) in [5, 5.41) is 7.84. The number of rotatable bonds is 7. The molecule has 0 saturated carbocycles. The average Bonchev–Trinajstić information content (AvgIpc) is 2.72. The third-order valence-electron chi connectivity index (χ3n) is 2.89. The number of nitrogens with zero attached hydrogens (tertiary/aromatic N) is 2. The molecule has 0 amide bonds. The van der Waals surface area contributed by atoms with Crippen molar-refractivity contribution in [2.75, 3.05) is 6.54 Å². The molecule has 0 aliphatic heterocycles. The first-order valence-corrected chi connectivity index (χ1v) is 7.39. The van der Waals surface area contributed by atoms with E-state index in [0.29, 0.717) is 12.0 Å². The van der Waals surface area contributed by atoms with Gasteiger partial charge in [0.25, 0.3) is 0 Å². The molecule has 17 heavy (non-hydrogen) atoms. The fourth-order valence-corrected chi connectivity index (χ4v) is 2.83. The Morgan fingerprint density at radius 1 is 1.18 bits per heavy atom. The molecule has 1 heterocycles. The van der Waals surface area contributed by atoms with Gasteiger partial charge in [-0.2, -0.15) is 0 Å². The molecule has 98 valence electrons. The molecule has 1 N–H and O–H groups in total. The molecule has 3 nitrogen and oxygen atoms in total. The highest BCUT2D eigenvalue weighted by atomic mass is 32.1. The van der Waals surface area contributed by atoms with E-state index in [4.69, 9.17) is 0 Å². The van der Waals surface area contributed by atoms with Crippen molar-refractivity contribution in [2.24, 2.45) is 5.92 Å². The highest BCUT2D eigenvalue weighted by molar-refractivity contribution is 7.05. The van der Waals surface area contributed by atoms with Gasteiger partial charge in [0.2, 0.25) is 0 Å². The summed E-state index contributed by atoms with van der Waals surface area (Å²) in [7, 11) is 0. The Balaban J connectivity index is 2.77. The van der Waals surface area contributed by atoms with Gasteiger partial charge in [0.15, 0.2) is 0 Å². The van der Waals surface area contributed by atoms with Gasteiger partial charge in [-0.3, -0.25) is 0 Å². The van der Waals surface area contributed by atoms with Gasteiger partial charge in [-0.05, 0) is 42.8 Å². The average molecular weight is 255 g/mol. The molecule has 0 saturated heterocycles. The minimum Gasteiger partial charge on any atom is -0.309 e. The molecule has 0 radical (unpaired) electrons. The second-order valence-electron chi connectivity index (χ2n) is 5.26. The quantitative estimate of drug-likeness (QED) is 0.806. The number of nitrogens with one attached hydrogen (secondary N) is 1. The van der Waals surface area contributed by atoms with E-state index in [9.17, 15) is 0 Å². The Labute approximate surface area is 109 Å². The summed E-state index contributed by atoms with van der Waals surface area (Å²) in [6, 6.07) is 0.430. The van der Waals surface area contributed by atoms with E-state index in [-0.39, 0.29) is 0 Å². The molecule has 0 aliphatic carbocycles. The molecule has 0 aromatic carbocycles. The summed E-state index contributed by atoms with van der Waals surface area (Å²) >= 11 is 1.55. The Bertz CT molecular complexity index is 320. The lowest BCUT2D eigenvalue weighted by Gasteiger charge is -2.19. The van der Waals surface area contributed by atoms with Gasteiger partial charge >= 0.3 is 0 Å². The van der Waals surface area contributed by atoms with Gasteiger partial charge in [-0.25, -0.2) is 0 Å². The first-order valence-electron chi connectivity index (χ1n) is 6.61. The largest absolute Gasteiger partial charge is 0.309 e. The second kappa shape index (κ2) is 7.07. The molecule has 1 aromatic heterocycles. The molecule has 0 aliphatic rings. The van der Waals surface area contributed by atoms with Crippen molar-refractivity contribution in [3.8, 4) is 0 Å². The van der Waals surface area contributed by atoms with Gasteiger partial charge < -0.3 is 5.32 Å². The first-order chi connectivity index (χ1) is 8.06. The van der Waals surface area contributed by atoms with Crippen LogP contribution in [-0.4, -0.2) is 16.1 Å². The monoisotopic (exact) mass is 255 g/mol. The highest BCUT2D eigenvalue weighted by Crippen LogP contribution is 2.29. The van der Waals surface area contributed by atoms with Gasteiger partial charge in [0, 0.05) is 6.04 Å². The van der Waals surface area contributed by atoms with E-state index in [1.807, 2.05) is 0 Å². The Hall–Kier alpha value is -0.480. The summed E-state index contributed by atoms with van der Waals surface area (Å²) in [6.07, 6.45) is 2.42. The zero-order valence-corrected chi connectivity index (χ0v) is 12.5. The van der Waals surface area contributed by atoms with Crippen LogP contribution in [0.1, 0.15) is 70.0 Å². The molecule has 1 aromatic rings. The van der Waals surface area contributed by atoms with Crippen LogP contribution in [0.3, 0.4) is 0 Å². The second-order valence-corrected chi connectivity index (χ2v) is 6.04. The van der Waals surface area contributed by atoms with E-state index >= 15 is 0 Å². The number of hydrogen-bond donors (Lipinski definition) is 1. The zero-order valence-electron chi connectivity index (χ0n) is 11.7. The van der Waals surface area contributed by atoms with E-state index < -0.39 is 0 Å². The fraction of sp³-hybridized carbons (Fsp3) is 0.846. The van der Waals surface area contributed by atoms with Crippen molar-refractivity contribution in [3.63, 3.8) is 0 Å². The third kappa shape index (κ3) is 4.36. The van der Waals surface area contributed by atoms with Crippen LogP contribution in [0.5, 0.6) is 0 Å². The summed E-state index contributed by atoms with van der Waals surface area (Å²) in [4.78, 5) is 1.34. The topological polar surface area (TPSA) is 37.8 Å². The first kappa shape index (κ1) is 14.6. The van der Waals surface area contributed by atoms with E-state index in [1.54, 1.807) is 11.5 Å². The van der Waals surface area contributed by atoms with Crippen LogP contribution in [0, 0.1) is 5.92 Å². The zero-order chi connectivity index (χ0) is 12.8. The molecular formula is C13H25N3S. The molecule has 0 spiro atoms. The van der Waals surface area contributed by atoms with Crippen molar-refractivity contribution in [3.05, 3.63) is 10.6 Å². The lowest BCUT2D eigenvalue weighted by atomic mass is 9.99. The van der Waals surface area contributed by atoms with Crippen molar-refractivity contribution in [2.45, 2.75) is 59.4 Å². The van der Waals surface area contributed by atoms with Gasteiger partial charge in [0.05, 0.1) is 10.6 Å². The predicted molar refractivity (Wildman–Crippen MR) is 74.5 cm³/mol. The maximum atomic E-state index is 4.27. The van der Waals surface area contributed by atoms with Crippen LogP contribution >= 0.6 is 11.5 Å². The van der Waals surface area contributed by atoms with E-state index in [0.717, 1.165) is 12.5 Å². The van der Waals surface area contributed by atoms with Crippen molar-refractivity contribution in [1.82, 2.24) is 14.9 Å². The number of hydrogen-bond acceptors (Lipinski definition) is 4. The Morgan fingerprint density at radius 3 is 2.41 bits per heavy atom. The van der Waals surface area contributed by atoms with Crippen LogP contribution in [0.4, 0.5) is 0 Å². The SMILES string of the molecule is CCNC(CCC(C)C)c1snnc1C(C)C. The minimum atomic E-state index is 0.430. The van der Waals surface area contributed by atoms with Crippen LogP contribution in [0.15, 0.2) is 0 Å². The Kier molecular flexibility index (Phi) is 6.06. The van der Waals surface area contributed by atoms with Gasteiger partial charge in [0.1, 0.15) is 0 Å². The molecule has 1 atom stereocenters. The molecule has 0 fully saturated rings. The standard InChI is InChI=1S/C13H25N3S/c1-6-14-11(8-7-9(2)3)13-12(10(4)5)15-16-17-13/h9-11,14H,6-8H2,1-5H3. The number of aromatic nitrogens is 2. The Morgan fingerprint density at radius 2 is 1.88 bits per heavy atom. The molecule has 4 heteroatoms. The third-order valence-corrected chi connectivity index (χ3v) is 3.74. The van der Waals surface area contributed by atoms with Crippen molar-refractivity contribution < 1.29 is 0 Å². The lowest BCUT2D eigenvalue weighted by molar-refractivity contribution is 0.449. The maximum absolute atomic E-state index is 4.27. The molecule has 0 bridgehead atoms. The van der Waals surface area contributed by atoms with Crippen LogP contribution in [-0.2, 0) is 0 Å². The summed E-state index contributed by atoms with van der Waals surface area (Å²) < 4.78 is 4.13. The van der Waals surface area contributed by atoms with Crippen molar-refractivity contribution in [1.29, 1.82) is 0 Å². The smallest absolute Gasteiger partial charge is 0.0829 e. The van der Waals surface area contributed by atoms with Crippen LogP contribution < -0.4 is 5.32 Å². The van der Waals surface area contributed by atoms with Crippen LogP contribution in [0.25, 0.3) is 0 Å². The molecule has 1 rings (SSSR count). The summed E-state index contributed by atoms with van der Waals surface area (Å²) in [5.41, 5.74) is 1.17. The maximum Gasteiger partial charge on any atom is 0.0829 e. The van der Waals surface area contributed by atoms with E-state index in [2.05, 4.69) is 49.5 Å². The van der Waals surface area contributed by atoms with E-state index in [1.165, 1.54) is 23.4 Å². The van der Waals surface area contributed by atoms with Crippen molar-refractivity contribution >= 4 is 11.5 Å². The lowest BCUT2D eigenvalue weighted by Crippen LogP contribution is -2.21. The normalized spacial score (nSPS) is 13.6. The van der Waals surface area contributed by atoms with Gasteiger partial charge in [-0.1, -0.05) is 39.1 Å². The highest BCUT2D eigenvalue weighted by Gasteiger charge is 2.20. The van der Waals surface area contributed by atoms with Crippen LogP contribution in [0.2, 0.25) is 0 Å². The summed E-state index contributed by atoms with van der Waals surface area (Å²) in [5.74, 6) is 1.21.